The third-order valence-corrected chi connectivity index (χ3v) is 15.7. The number of nitrogens with one attached hydrogen (secondary N) is 4. The average molecular weight is 1710 g/mol. The summed E-state index contributed by atoms with van der Waals surface area (Å²) in [6.07, 6.45) is 3.37. The molecule has 7 rings (SSSR count). The average Bonchev–Trinajstić information content (AvgIpc) is 0.805. The Labute approximate surface area is 628 Å². The molecule has 0 radical (unpaired) electrons. The molecule has 546 valence electrons. The molecule has 0 atom stereocenters. The van der Waals surface area contributed by atoms with Gasteiger partial charge in [0.25, 0.3) is 28.1 Å². The predicted molar refractivity (Wildman–Crippen MR) is 405 cm³/mol. The summed E-state index contributed by atoms with van der Waals surface area (Å²) >= 11 is 32.7. The Morgan fingerprint density at radius 2 is 0.930 bits per heavy atom. The van der Waals surface area contributed by atoms with Crippen molar-refractivity contribution in [2.24, 2.45) is 29.4 Å². The van der Waals surface area contributed by atoms with Gasteiger partial charge in [-0.2, -0.15) is 0 Å². The van der Waals surface area contributed by atoms with Crippen molar-refractivity contribution >= 4 is 171 Å². The molecular formula is C64H83Br2Cl4IN16O13. The number of rotatable bonds is 19. The van der Waals surface area contributed by atoms with Crippen LogP contribution in [0, 0.1) is 30.6 Å². The zero-order valence-corrected chi connectivity index (χ0v) is 66.1. The van der Waals surface area contributed by atoms with E-state index in [9.17, 15) is 43.2 Å². The highest BCUT2D eigenvalue weighted by Gasteiger charge is 2.25. The van der Waals surface area contributed by atoms with E-state index in [1.165, 1.54) is 73.5 Å². The Hall–Kier alpha value is -7.76. The van der Waals surface area contributed by atoms with Crippen LogP contribution in [0.15, 0.2) is 89.6 Å². The van der Waals surface area contributed by atoms with Crippen molar-refractivity contribution in [2.45, 2.75) is 129 Å². The Morgan fingerprint density at radius 3 is 1.34 bits per heavy atom. The zero-order valence-electron chi connectivity index (χ0n) is 57.7. The van der Waals surface area contributed by atoms with E-state index in [0.29, 0.717) is 41.6 Å². The van der Waals surface area contributed by atoms with Crippen molar-refractivity contribution < 1.29 is 42.9 Å². The van der Waals surface area contributed by atoms with E-state index < -0.39 is 46.6 Å². The molecule has 0 spiro atoms. The van der Waals surface area contributed by atoms with Crippen LogP contribution in [0.25, 0.3) is 0 Å². The standard InChI is InChI=1S/C17H21ClN4O3.C14H17ClN6O2.C12H15BrClNO3.C9H14N4O2.C8H7BrClNO3.C4H9I/c1-5-25-17(24)15-12(18)7-13(16(23)22(15)8-10(2)3)21-14-6-11(4)19-9-20-14;1-7(2)5-21-12(13(17)22)8(15)3-9(14(21)23)20-11-4-10(16)18-6-19-11;1-4-18-12(17)10-9(14)5-8(13)11(16)15(10)6-7(2)3;1-9(2,3)15-8(14)13-7-4-6(10)11-5-12-7;1-2-14-8(13)6-5(10)3-4(9)7(12)11-6;1-4(2)3-5/h6-7,9-10H,5,8H2,1-4H3,(H,19,20,21);3-4,6-7H,5H2,1-2H3,(H2,17,22)(H3,16,18,19,20);5,7H,4,6H2,1-3H3;4-5H,1-3H3,(H3,10,11,12,13,14);3H,2H2,1H3,(H,11,12);4H,3H2,1-2H3. The lowest BCUT2D eigenvalue weighted by Gasteiger charge is -2.19. The van der Waals surface area contributed by atoms with Crippen LogP contribution in [-0.2, 0) is 38.6 Å². The third-order valence-electron chi connectivity index (χ3n) is 11.6. The van der Waals surface area contributed by atoms with Crippen LogP contribution >= 0.6 is 101 Å². The number of amides is 2. The highest BCUT2D eigenvalue weighted by atomic mass is 127. The van der Waals surface area contributed by atoms with Crippen LogP contribution in [0.5, 0.6) is 0 Å². The van der Waals surface area contributed by atoms with Gasteiger partial charge in [-0.1, -0.05) is 124 Å². The Bertz CT molecular complexity index is 4190. The Kier molecular flexibility index (Phi) is 38.1. The van der Waals surface area contributed by atoms with Gasteiger partial charge in [-0.3, -0.25) is 33.9 Å². The molecule has 10 N–H and O–H groups in total. The molecule has 36 heteroatoms. The summed E-state index contributed by atoms with van der Waals surface area (Å²) in [5.41, 5.74) is 15.6. The minimum absolute atomic E-state index is 0.0156. The molecular weight excluding hydrogens is 1630 g/mol. The second kappa shape index (κ2) is 43.1. The number of H-pyrrole nitrogens is 1. The number of anilines is 7. The fourth-order valence-corrected chi connectivity index (χ4v) is 9.80. The van der Waals surface area contributed by atoms with Crippen molar-refractivity contribution in [1.29, 1.82) is 0 Å². The molecule has 0 aliphatic heterocycles. The van der Waals surface area contributed by atoms with Gasteiger partial charge in [0.1, 0.15) is 87.8 Å². The number of halogens is 7. The second-order valence-electron chi connectivity index (χ2n) is 23.4. The van der Waals surface area contributed by atoms with Crippen molar-refractivity contribution in [3.63, 3.8) is 0 Å². The Morgan fingerprint density at radius 1 is 0.550 bits per heavy atom. The van der Waals surface area contributed by atoms with Crippen molar-refractivity contribution in [3.8, 4) is 0 Å². The monoisotopic (exact) mass is 1710 g/mol. The van der Waals surface area contributed by atoms with Gasteiger partial charge in [-0.25, -0.2) is 49.1 Å². The van der Waals surface area contributed by atoms with E-state index in [1.807, 2.05) is 48.5 Å². The smallest absolute Gasteiger partial charge is 0.413 e. The summed E-state index contributed by atoms with van der Waals surface area (Å²) in [5, 5.41) is 8.81. The van der Waals surface area contributed by atoms with E-state index in [4.69, 9.17) is 82.6 Å². The van der Waals surface area contributed by atoms with Crippen molar-refractivity contribution in [1.82, 2.24) is 48.6 Å². The van der Waals surface area contributed by atoms with Crippen LogP contribution in [-0.4, -0.2) is 108 Å². The van der Waals surface area contributed by atoms with E-state index in [-0.39, 0.29) is 119 Å². The number of ether oxygens (including phenoxy) is 4. The number of hydrogen-bond acceptors (Lipinski definition) is 23. The third kappa shape index (κ3) is 30.2. The molecule has 7 heterocycles. The molecule has 0 fully saturated rings. The predicted octanol–water partition coefficient (Wildman–Crippen LogP) is 13.1. The summed E-state index contributed by atoms with van der Waals surface area (Å²) in [7, 11) is 0. The van der Waals surface area contributed by atoms with Crippen LogP contribution in [0.2, 0.25) is 20.1 Å². The minimum Gasteiger partial charge on any atom is -0.461 e. The van der Waals surface area contributed by atoms with Crippen LogP contribution in [0.1, 0.15) is 145 Å². The molecule has 0 saturated heterocycles. The van der Waals surface area contributed by atoms with Crippen LogP contribution in [0.3, 0.4) is 0 Å². The molecule has 0 aliphatic rings. The lowest BCUT2D eigenvalue weighted by atomic mass is 10.2. The number of carbonyl (C=O) groups is 5. The highest BCUT2D eigenvalue weighted by molar-refractivity contribution is 14.1. The molecule has 0 bridgehead atoms. The molecule has 0 unspecified atom stereocenters. The topological polar surface area (TPSA) is 413 Å². The lowest BCUT2D eigenvalue weighted by molar-refractivity contribution is 0.0501. The van der Waals surface area contributed by atoms with E-state index in [1.54, 1.807) is 47.6 Å². The molecule has 0 aliphatic carbocycles. The van der Waals surface area contributed by atoms with Crippen LogP contribution < -0.4 is 55.4 Å². The van der Waals surface area contributed by atoms with Gasteiger partial charge in [-0.15, -0.1) is 0 Å². The number of primary amides is 1. The SMILES string of the molecule is CC(C)(C)OC(=O)Nc1cc(N)ncn1.CC(C)CI.CC(C)Cn1c(C(N)=O)c(Cl)cc(Nc2cc(N)ncn2)c1=O.CCOC(=O)c1[nH]c(=O)c(Br)cc1Cl.CCOC(=O)c1c(Cl)cc(Br)c(=O)n1CC(C)C.CCOC(=O)c1c(Cl)cc(Nc2cc(C)ncn2)c(=O)n1CC(C)C. The maximum absolute atomic E-state index is 12.9. The summed E-state index contributed by atoms with van der Waals surface area (Å²) in [5.74, 6) is 0.421. The number of carbonyl (C=O) groups excluding carboxylic acids is 5. The number of hydrogen-bond donors (Lipinski definition) is 7. The first-order valence-corrected chi connectivity index (χ1v) is 35.2. The van der Waals surface area contributed by atoms with Gasteiger partial charge < -0.3 is 60.9 Å². The van der Waals surface area contributed by atoms with Gasteiger partial charge in [0.15, 0.2) is 0 Å². The number of aromatic nitrogens is 10. The lowest BCUT2D eigenvalue weighted by Crippen LogP contribution is -2.32. The number of nitrogen functional groups attached to an aromatic ring is 2. The summed E-state index contributed by atoms with van der Waals surface area (Å²) < 4.78 is 25.5. The van der Waals surface area contributed by atoms with Crippen molar-refractivity contribution in [3.05, 3.63) is 160 Å². The Balaban J connectivity index is 0.000000424. The fourth-order valence-electron chi connectivity index (χ4n) is 7.65. The number of pyridine rings is 4. The zero-order chi connectivity index (χ0) is 76.1. The van der Waals surface area contributed by atoms with Crippen molar-refractivity contribution in [2.75, 3.05) is 51.7 Å². The van der Waals surface area contributed by atoms with Gasteiger partial charge in [0, 0.05) is 48.0 Å². The van der Waals surface area contributed by atoms with E-state index in [2.05, 4.69) is 119 Å². The molecule has 0 aromatic carbocycles. The van der Waals surface area contributed by atoms with E-state index >= 15 is 0 Å². The molecule has 29 nitrogen and oxygen atoms in total. The molecule has 100 heavy (non-hydrogen) atoms. The fraction of sp³-hybridized carbons (Fsp3) is 0.422. The number of nitrogens with two attached hydrogens (primary N) is 3. The van der Waals surface area contributed by atoms with Gasteiger partial charge in [0.2, 0.25) is 0 Å². The number of nitrogens with zero attached hydrogens (tertiary/aromatic N) is 9. The largest absolute Gasteiger partial charge is 0.461 e. The molecule has 0 saturated carbocycles. The van der Waals surface area contributed by atoms with E-state index in [0.717, 1.165) is 11.6 Å². The highest BCUT2D eigenvalue weighted by Crippen LogP contribution is 2.25. The molecule has 7 aromatic rings. The first kappa shape index (κ1) is 88.3. The molecule has 2 amide bonds. The van der Waals surface area contributed by atoms with Gasteiger partial charge in [0.05, 0.1) is 48.9 Å². The van der Waals surface area contributed by atoms with Gasteiger partial charge >= 0.3 is 24.0 Å². The summed E-state index contributed by atoms with van der Waals surface area (Å²) in [6.45, 7) is 30.0. The minimum atomic E-state index is -0.759. The first-order valence-electron chi connectivity index (χ1n) is 30.6. The maximum atomic E-state index is 12.9. The normalized spacial score (nSPS) is 10.6. The van der Waals surface area contributed by atoms with Crippen LogP contribution in [0.4, 0.5) is 45.3 Å². The summed E-state index contributed by atoms with van der Waals surface area (Å²) in [6, 6.07) is 10.2. The second-order valence-corrected chi connectivity index (χ2v) is 27.7. The maximum Gasteiger partial charge on any atom is 0.413 e. The summed E-state index contributed by atoms with van der Waals surface area (Å²) in [4.78, 5) is 133. The number of esters is 3. The number of aromatic amines is 1. The quantitative estimate of drug-likeness (QED) is 0.0171. The van der Waals surface area contributed by atoms with Gasteiger partial charge in [-0.05, 0) is 128 Å². The first-order chi connectivity index (χ1) is 46.7. The number of aryl methyl sites for hydroxylation is 1. The number of alkyl halides is 1. The molecule has 7 aromatic heterocycles.